The normalized spacial score (nSPS) is 14.0. The number of hydrogen-bond acceptors (Lipinski definition) is 9. The number of nitrogens with zero attached hydrogens (tertiary/aromatic N) is 2. The predicted molar refractivity (Wildman–Crippen MR) is 275 cm³/mol. The van der Waals surface area contributed by atoms with E-state index in [9.17, 15) is 29.1 Å². The van der Waals surface area contributed by atoms with Gasteiger partial charge in [-0.1, -0.05) is 78.9 Å². The van der Waals surface area contributed by atoms with E-state index in [-0.39, 0.29) is 70.0 Å². The Morgan fingerprint density at radius 3 is 1.24 bits per heavy atom. The van der Waals surface area contributed by atoms with Crippen molar-refractivity contribution in [2.75, 3.05) is 13.1 Å². The molecule has 0 saturated carbocycles. The van der Waals surface area contributed by atoms with Crippen LogP contribution in [-0.4, -0.2) is 99.7 Å². The van der Waals surface area contributed by atoms with E-state index in [4.69, 9.17) is 28.7 Å². The van der Waals surface area contributed by atoms with E-state index in [1.54, 1.807) is 42.9 Å². The fraction of sp³-hybridized carbons (Fsp3) is 0.275. The van der Waals surface area contributed by atoms with Crippen LogP contribution < -0.4 is 60.4 Å². The molecule has 3 aromatic heterocycles. The number of primary amides is 1. The number of nitrogens with two attached hydrogens (primary N) is 5. The number of aliphatic imine (C=N–C) groups is 2. The summed E-state index contributed by atoms with van der Waals surface area (Å²) in [5, 5.41) is 30.1. The van der Waals surface area contributed by atoms with Gasteiger partial charge in [-0.25, -0.2) is 0 Å². The minimum atomic E-state index is -1.35. The van der Waals surface area contributed by atoms with Gasteiger partial charge in [0.15, 0.2) is 11.9 Å². The minimum absolute atomic E-state index is 0.00708. The summed E-state index contributed by atoms with van der Waals surface area (Å²) in [6, 6.07) is 16.2. The van der Waals surface area contributed by atoms with Crippen molar-refractivity contribution in [1.82, 2.24) is 41.5 Å². The van der Waals surface area contributed by atoms with E-state index < -0.39 is 65.6 Å². The quantitative estimate of drug-likeness (QED) is 0.0161. The number of nitrogens with one attached hydrogen (secondary N) is 8. The number of carbonyl (C=O) groups is 5. The first-order chi connectivity index (χ1) is 34.7. The number of aromatic amines is 3. The Bertz CT molecular complexity index is 3050. The molecule has 3 aromatic carbocycles. The molecule has 21 heteroatoms. The van der Waals surface area contributed by atoms with E-state index in [1.165, 1.54) is 0 Å². The van der Waals surface area contributed by atoms with Gasteiger partial charge in [0.2, 0.25) is 29.5 Å². The summed E-state index contributed by atoms with van der Waals surface area (Å²) in [5.74, 6) is -4.52. The third-order valence-corrected chi connectivity index (χ3v) is 12.3. The van der Waals surface area contributed by atoms with Crippen LogP contribution in [0.2, 0.25) is 0 Å². The molecule has 3 heterocycles. The van der Waals surface area contributed by atoms with Gasteiger partial charge in [-0.05, 0) is 72.0 Å². The van der Waals surface area contributed by atoms with E-state index in [1.807, 2.05) is 72.8 Å². The van der Waals surface area contributed by atoms with Crippen molar-refractivity contribution in [2.45, 2.75) is 75.2 Å². The first kappa shape index (κ1) is 50.9. The molecule has 376 valence electrons. The molecule has 7 rings (SSSR count). The highest BCUT2D eigenvalue weighted by Gasteiger charge is 2.33. The maximum atomic E-state index is 14.8. The highest BCUT2D eigenvalue weighted by Crippen LogP contribution is 2.23. The zero-order valence-electron chi connectivity index (χ0n) is 39.5. The van der Waals surface area contributed by atoms with Crippen molar-refractivity contribution >= 4 is 74.2 Å². The van der Waals surface area contributed by atoms with E-state index in [2.05, 4.69) is 51.5 Å². The fourth-order valence-corrected chi connectivity index (χ4v) is 8.60. The molecule has 6 aromatic rings. The topological polar surface area (TPSA) is 371 Å². The molecule has 5 atom stereocenters. The lowest BCUT2D eigenvalue weighted by Crippen LogP contribution is -2.59. The molecule has 1 aliphatic rings. The van der Waals surface area contributed by atoms with Crippen LogP contribution in [0.1, 0.15) is 42.4 Å². The van der Waals surface area contributed by atoms with Crippen LogP contribution in [0.5, 0.6) is 0 Å². The summed E-state index contributed by atoms with van der Waals surface area (Å²) < 4.78 is 0. The fourth-order valence-electron chi connectivity index (χ4n) is 8.60. The highest BCUT2D eigenvalue weighted by atomic mass is 16.3. The van der Waals surface area contributed by atoms with Crippen LogP contribution in [-0.2, 0) is 43.2 Å². The summed E-state index contributed by atoms with van der Waals surface area (Å²) in [7, 11) is 0. The highest BCUT2D eigenvalue weighted by molar-refractivity contribution is 5.97. The summed E-state index contributed by atoms with van der Waals surface area (Å²) in [6.45, 7) is 0.221. The second-order valence-electron chi connectivity index (χ2n) is 17.4. The van der Waals surface area contributed by atoms with Gasteiger partial charge in [-0.2, -0.15) is 0 Å². The van der Waals surface area contributed by atoms with E-state index in [0.717, 1.165) is 43.8 Å². The number of guanidine groups is 2. The molecule has 0 unspecified atom stereocenters. The van der Waals surface area contributed by atoms with Crippen molar-refractivity contribution < 1.29 is 29.1 Å². The lowest BCUT2D eigenvalue weighted by Gasteiger charge is -2.29. The third kappa shape index (κ3) is 13.4. The number of aromatic nitrogens is 3. The SMILES string of the molecule is NC(=O)[C@H](Cc1c[nH]c2ccccc12)NC(=O)[C@H](CCCN=C(N)N)NC(=O)[C@H](Cc1c[nH]c2ccccc12)NC(=O)[C@H](CCCN=C(N)N)NC(=O)[C@H](Cc1c[nH]c2ccccc12)NC([O-])=C1C=CC=C1. The summed E-state index contributed by atoms with van der Waals surface area (Å²) >= 11 is 0. The molecule has 0 fully saturated rings. The van der Waals surface area contributed by atoms with Crippen LogP contribution in [0.25, 0.3) is 32.7 Å². The van der Waals surface area contributed by atoms with Crippen LogP contribution in [0.4, 0.5) is 0 Å². The van der Waals surface area contributed by atoms with E-state index in [0.29, 0.717) is 11.1 Å². The third-order valence-electron chi connectivity index (χ3n) is 12.3. The number of hydrogen-bond donors (Lipinski definition) is 13. The second kappa shape index (κ2) is 24.0. The standard InChI is InChI=1S/C51H61N15O6/c52-44(67)41(23-30-26-59-36-16-6-3-13-33(30)36)64-46(69)39(19-9-21-57-50(53)54)62-49(72)43(25-32-28-61-38-18-8-5-15-35(32)38)66-47(70)40(20-10-22-58-51(55)56)63-48(71)42(65-45(68)29-11-1-2-12-29)24-31-27-60-37-17-7-4-14-34(31)37/h1-8,11-18,26-28,39-43,59-61,65,68H,9-10,19-25H2,(H2,52,67)(H,62,72)(H,63,71)(H,64,69)(H,66,70)(H4,53,54,57)(H4,55,56,58)/p-1/t39-,40-,41-,42-,43-/m0/s1. The van der Waals surface area contributed by atoms with Gasteiger partial charge >= 0.3 is 0 Å². The minimum Gasteiger partial charge on any atom is -0.860 e. The Kier molecular flexibility index (Phi) is 17.0. The molecule has 0 saturated heterocycles. The average Bonchev–Trinajstić information content (AvgIpc) is 4.21. The van der Waals surface area contributed by atoms with Gasteiger partial charge in [-0.3, -0.25) is 34.0 Å². The monoisotopic (exact) mass is 978 g/mol. The Hall–Kier alpha value is -9.01. The van der Waals surface area contributed by atoms with Crippen molar-refractivity contribution in [3.05, 3.63) is 144 Å². The van der Waals surface area contributed by atoms with Crippen molar-refractivity contribution in [2.24, 2.45) is 38.7 Å². The Morgan fingerprint density at radius 2 is 0.833 bits per heavy atom. The predicted octanol–water partition coefficient (Wildman–Crippen LogP) is 0.346. The number of H-pyrrole nitrogens is 3. The molecule has 0 radical (unpaired) electrons. The van der Waals surface area contributed by atoms with Crippen LogP contribution in [0.3, 0.4) is 0 Å². The summed E-state index contributed by atoms with van der Waals surface area (Å²) in [6.07, 6.45) is 12.4. The number of amides is 5. The molecular formula is C51H60N15O6-. The summed E-state index contributed by atoms with van der Waals surface area (Å²) in [4.78, 5) is 88.8. The van der Waals surface area contributed by atoms with Crippen LogP contribution in [0.15, 0.2) is 137 Å². The number of allylic oxidation sites excluding steroid dienone is 5. The van der Waals surface area contributed by atoms with Gasteiger partial charge in [-0.15, -0.1) is 0 Å². The van der Waals surface area contributed by atoms with Gasteiger partial charge in [0.05, 0.1) is 0 Å². The first-order valence-corrected chi connectivity index (χ1v) is 23.5. The molecular weight excluding hydrogens is 919 g/mol. The van der Waals surface area contributed by atoms with Gasteiger partial charge in [0, 0.05) is 83.7 Å². The Morgan fingerprint density at radius 1 is 0.486 bits per heavy atom. The van der Waals surface area contributed by atoms with E-state index >= 15 is 0 Å². The lowest BCUT2D eigenvalue weighted by molar-refractivity contribution is -0.313. The zero-order chi connectivity index (χ0) is 51.1. The number of para-hydroxylation sites is 3. The summed E-state index contributed by atoms with van der Waals surface area (Å²) in [5.41, 5.74) is 33.1. The van der Waals surface area contributed by atoms with Crippen LogP contribution >= 0.6 is 0 Å². The lowest BCUT2D eigenvalue weighted by atomic mass is 10.0. The molecule has 21 nitrogen and oxygen atoms in total. The second-order valence-corrected chi connectivity index (χ2v) is 17.4. The van der Waals surface area contributed by atoms with Gasteiger partial charge < -0.3 is 75.3 Å². The van der Waals surface area contributed by atoms with Crippen molar-refractivity contribution in [3.63, 3.8) is 0 Å². The maximum absolute atomic E-state index is 14.8. The van der Waals surface area contributed by atoms with Gasteiger partial charge in [0.1, 0.15) is 30.2 Å². The number of fused-ring (bicyclic) bond motifs is 3. The molecule has 72 heavy (non-hydrogen) atoms. The Labute approximate surface area is 414 Å². The number of rotatable bonds is 25. The molecule has 0 bridgehead atoms. The number of carbonyl (C=O) groups excluding carboxylic acids is 5. The van der Waals surface area contributed by atoms with Gasteiger partial charge in [0.25, 0.3) is 0 Å². The maximum Gasteiger partial charge on any atom is 0.243 e. The zero-order valence-corrected chi connectivity index (χ0v) is 39.5. The first-order valence-electron chi connectivity index (χ1n) is 23.5. The number of benzene rings is 3. The smallest absolute Gasteiger partial charge is 0.243 e. The molecule has 18 N–H and O–H groups in total. The molecule has 1 aliphatic carbocycles. The van der Waals surface area contributed by atoms with Crippen molar-refractivity contribution in [1.29, 1.82) is 0 Å². The molecule has 5 amide bonds. The van der Waals surface area contributed by atoms with Crippen molar-refractivity contribution in [3.8, 4) is 0 Å². The average molecular weight is 979 g/mol. The molecule has 0 aliphatic heterocycles. The largest absolute Gasteiger partial charge is 0.860 e. The Balaban J connectivity index is 1.17. The molecule has 0 spiro atoms. The van der Waals surface area contributed by atoms with Crippen LogP contribution in [0, 0.1) is 0 Å².